The number of hydrogen-bond donors (Lipinski definition) is 0. The summed E-state index contributed by atoms with van der Waals surface area (Å²) in [5.74, 6) is 0. The van der Waals surface area contributed by atoms with Crippen molar-refractivity contribution in [3.05, 3.63) is 291 Å². The molecule has 0 radical (unpaired) electrons. The summed E-state index contributed by atoms with van der Waals surface area (Å²) >= 11 is 0. The predicted octanol–water partition coefficient (Wildman–Crippen LogP) is 13.2. The van der Waals surface area contributed by atoms with Crippen LogP contribution < -0.4 is 51.3 Å². The Bertz CT molecular complexity index is 2510. The van der Waals surface area contributed by atoms with Crippen LogP contribution in [0.25, 0.3) is 11.1 Å². The molecule has 0 amide bonds. The minimum absolute atomic E-state index is 1.12. The molecule has 10 rings (SSSR count). The lowest BCUT2D eigenvalue weighted by atomic mass is 10.0. The monoisotopic (exact) mass is 920 g/mol. The molecule has 0 aromatic heterocycles. The van der Waals surface area contributed by atoms with Gasteiger partial charge in [-0.1, -0.05) is 279 Å². The first-order valence-electron chi connectivity index (χ1n) is 22.2. The summed E-state index contributed by atoms with van der Waals surface area (Å²) in [5, 5.41) is 10.4. The van der Waals surface area contributed by atoms with Gasteiger partial charge in [-0.25, -0.2) is 0 Å². The fourth-order valence-electron chi connectivity index (χ4n) is 8.39. The second kappa shape index (κ2) is 21.2. The second-order valence-corrected chi connectivity index (χ2v) is 24.4. The van der Waals surface area contributed by atoms with E-state index in [9.17, 15) is 0 Å². The molecule has 0 bridgehead atoms. The van der Waals surface area contributed by atoms with E-state index >= 15 is 0 Å². The standard InChI is InChI=1S/C60H48N2P4/c1-9-29-49(30-10-1)63(50-31-11-2-12-32-50)61(64(51-33-13-3-14-34-51)52-35-15-4-16-36-52)59-47-27-25-45-57(59)58-46-26-28-48-60(58)62(65(53-37-17-5-18-38-53)54-39-19-6-20-40-54)66(55-41-21-7-22-42-55)56-43-23-8-24-44-56/h1-48H. The van der Waals surface area contributed by atoms with E-state index in [0.717, 1.165) is 0 Å². The highest BCUT2D eigenvalue weighted by atomic mass is 31.2. The highest BCUT2D eigenvalue weighted by Gasteiger charge is 2.37. The molecule has 0 aliphatic carbocycles. The van der Waals surface area contributed by atoms with Crippen LogP contribution >= 0.6 is 32.3 Å². The molecule has 0 saturated heterocycles. The number of benzene rings is 10. The van der Waals surface area contributed by atoms with E-state index in [2.05, 4.69) is 300 Å². The highest BCUT2D eigenvalue weighted by molar-refractivity contribution is 7.91. The van der Waals surface area contributed by atoms with Gasteiger partial charge in [-0.3, -0.25) is 0 Å². The first kappa shape index (κ1) is 43.4. The molecular weight excluding hydrogens is 873 g/mol. The molecule has 318 valence electrons. The van der Waals surface area contributed by atoms with Gasteiger partial charge in [0.2, 0.25) is 0 Å². The lowest BCUT2D eigenvalue weighted by molar-refractivity contribution is 1.51. The average Bonchev–Trinajstić information content (AvgIpc) is 3.41. The fourth-order valence-corrected chi connectivity index (χ4v) is 20.4. The third-order valence-electron chi connectivity index (χ3n) is 11.3. The summed E-state index contributed by atoms with van der Waals surface area (Å²) in [7, 11) is -4.49. The Morgan fingerprint density at radius 2 is 0.318 bits per heavy atom. The van der Waals surface area contributed by atoms with Crippen molar-refractivity contribution in [1.29, 1.82) is 0 Å². The zero-order valence-electron chi connectivity index (χ0n) is 36.4. The van der Waals surface area contributed by atoms with Crippen LogP contribution in [0.2, 0.25) is 0 Å². The summed E-state index contributed by atoms with van der Waals surface area (Å²) in [6, 6.07) is 108. The number of anilines is 2. The van der Waals surface area contributed by atoms with Gasteiger partial charge in [-0.05, 0) is 12.1 Å². The van der Waals surface area contributed by atoms with E-state index in [1.807, 2.05) is 0 Å². The molecular formula is C60H48N2P4. The zero-order valence-corrected chi connectivity index (χ0v) is 40.0. The largest absolute Gasteiger partial charge is 0.312 e. The molecule has 10 aromatic carbocycles. The molecule has 0 atom stereocenters. The van der Waals surface area contributed by atoms with Crippen molar-refractivity contribution >= 4 is 86.1 Å². The lowest BCUT2D eigenvalue weighted by Gasteiger charge is -2.43. The Labute approximate surface area is 395 Å². The van der Waals surface area contributed by atoms with E-state index in [1.54, 1.807) is 0 Å². The van der Waals surface area contributed by atoms with Crippen LogP contribution in [0.5, 0.6) is 0 Å². The molecule has 0 unspecified atom stereocenters. The molecule has 0 aliphatic heterocycles. The smallest absolute Gasteiger partial charge is 0.0590 e. The van der Waals surface area contributed by atoms with Crippen LogP contribution in [0.4, 0.5) is 11.4 Å². The Morgan fingerprint density at radius 1 is 0.167 bits per heavy atom. The predicted molar refractivity (Wildman–Crippen MR) is 293 cm³/mol. The topological polar surface area (TPSA) is 6.48 Å². The third kappa shape index (κ3) is 9.44. The normalized spacial score (nSPS) is 11.3. The Balaban J connectivity index is 1.29. The zero-order chi connectivity index (χ0) is 44.3. The third-order valence-corrected chi connectivity index (χ3v) is 22.1. The van der Waals surface area contributed by atoms with Gasteiger partial charge < -0.3 is 8.88 Å². The quantitative estimate of drug-likeness (QED) is 0.0946. The summed E-state index contributed by atoms with van der Waals surface area (Å²) < 4.78 is 5.65. The molecule has 0 heterocycles. The van der Waals surface area contributed by atoms with E-state index in [4.69, 9.17) is 0 Å². The first-order chi connectivity index (χ1) is 32.8. The lowest BCUT2D eigenvalue weighted by Crippen LogP contribution is -2.32. The summed E-state index contributed by atoms with van der Waals surface area (Å²) in [6.45, 7) is 0. The van der Waals surface area contributed by atoms with Crippen molar-refractivity contribution in [3.63, 3.8) is 0 Å². The molecule has 0 fully saturated rings. The summed E-state index contributed by atoms with van der Waals surface area (Å²) in [5.41, 5.74) is 4.80. The minimum Gasteiger partial charge on any atom is -0.312 e. The van der Waals surface area contributed by atoms with Crippen molar-refractivity contribution in [3.8, 4) is 11.1 Å². The Kier molecular flexibility index (Phi) is 14.0. The van der Waals surface area contributed by atoms with E-state index in [1.165, 1.54) is 64.9 Å². The maximum atomic E-state index is 2.82. The Morgan fingerprint density at radius 3 is 0.500 bits per heavy atom. The van der Waals surface area contributed by atoms with Crippen LogP contribution in [0.15, 0.2) is 291 Å². The van der Waals surface area contributed by atoms with Gasteiger partial charge >= 0.3 is 0 Å². The molecule has 66 heavy (non-hydrogen) atoms. The molecule has 0 aliphatic rings. The molecule has 10 aromatic rings. The molecule has 0 saturated carbocycles. The average molecular weight is 921 g/mol. The number of rotatable bonds is 15. The van der Waals surface area contributed by atoms with Crippen molar-refractivity contribution in [2.45, 2.75) is 0 Å². The van der Waals surface area contributed by atoms with E-state index in [-0.39, 0.29) is 0 Å². The number of nitrogens with zero attached hydrogens (tertiary/aromatic N) is 2. The second-order valence-electron chi connectivity index (χ2n) is 15.5. The van der Waals surface area contributed by atoms with E-state index in [0.29, 0.717) is 0 Å². The van der Waals surface area contributed by atoms with Gasteiger partial charge in [0.15, 0.2) is 0 Å². The van der Waals surface area contributed by atoms with Gasteiger partial charge in [0.25, 0.3) is 0 Å². The van der Waals surface area contributed by atoms with Gasteiger partial charge in [0.1, 0.15) is 0 Å². The van der Waals surface area contributed by atoms with Crippen molar-refractivity contribution in [1.82, 2.24) is 0 Å². The maximum absolute atomic E-state index is 2.82. The molecule has 6 heteroatoms. The van der Waals surface area contributed by atoms with Crippen molar-refractivity contribution < 1.29 is 0 Å². The molecule has 0 spiro atoms. The summed E-state index contributed by atoms with van der Waals surface area (Å²) in [6.07, 6.45) is 0. The molecule has 0 N–H and O–H groups in total. The minimum atomic E-state index is -1.12. The van der Waals surface area contributed by atoms with Crippen molar-refractivity contribution in [2.75, 3.05) is 8.88 Å². The fraction of sp³-hybridized carbons (Fsp3) is 0. The Hall–Kier alpha value is -6.48. The number of para-hydroxylation sites is 2. The summed E-state index contributed by atoms with van der Waals surface area (Å²) in [4.78, 5) is 0. The number of hydrogen-bond acceptors (Lipinski definition) is 2. The SMILES string of the molecule is c1ccc(P(c2ccccc2)N(c2ccccc2-c2ccccc2N(P(c2ccccc2)c2ccccc2)P(c2ccccc2)c2ccccc2)P(c2ccccc2)c2ccccc2)cc1. The van der Waals surface area contributed by atoms with Gasteiger partial charge in [-0.15, -0.1) is 0 Å². The van der Waals surface area contributed by atoms with Crippen LogP contribution in [-0.4, -0.2) is 0 Å². The van der Waals surface area contributed by atoms with Crippen LogP contribution in [0.3, 0.4) is 0 Å². The van der Waals surface area contributed by atoms with Crippen LogP contribution in [0.1, 0.15) is 0 Å². The highest BCUT2D eigenvalue weighted by Crippen LogP contribution is 2.62. The van der Waals surface area contributed by atoms with E-state index < -0.39 is 32.3 Å². The van der Waals surface area contributed by atoms with Gasteiger partial charge in [0.05, 0.1) is 43.7 Å². The maximum Gasteiger partial charge on any atom is 0.0590 e. The van der Waals surface area contributed by atoms with Crippen molar-refractivity contribution in [2.24, 2.45) is 0 Å². The first-order valence-corrected chi connectivity index (χ1v) is 27.4. The van der Waals surface area contributed by atoms with Gasteiger partial charge in [-0.2, -0.15) is 0 Å². The van der Waals surface area contributed by atoms with Crippen LogP contribution in [-0.2, 0) is 0 Å². The molecule has 2 nitrogen and oxygen atoms in total. The van der Waals surface area contributed by atoms with Gasteiger partial charge in [0, 0.05) is 53.6 Å². The van der Waals surface area contributed by atoms with Crippen LogP contribution in [0, 0.1) is 0 Å².